The molecule has 0 unspecified atom stereocenters. The summed E-state index contributed by atoms with van der Waals surface area (Å²) in [5, 5.41) is 0. The van der Waals surface area contributed by atoms with Gasteiger partial charge in [-0.1, -0.05) is 5.92 Å². The van der Waals surface area contributed by atoms with Crippen LogP contribution in [0.3, 0.4) is 0 Å². The van der Waals surface area contributed by atoms with Crippen molar-refractivity contribution in [2.75, 3.05) is 0 Å². The molecule has 15 heavy (non-hydrogen) atoms. The Morgan fingerprint density at radius 3 is 3.00 bits per heavy atom. The van der Waals surface area contributed by atoms with Crippen molar-refractivity contribution in [1.29, 1.82) is 0 Å². The highest BCUT2D eigenvalue weighted by molar-refractivity contribution is 5.27. The molecule has 0 aliphatic rings. The molecule has 0 amide bonds. The number of rotatable bonds is 2. The summed E-state index contributed by atoms with van der Waals surface area (Å²) >= 11 is 0. The smallest absolute Gasteiger partial charge is 0.287 e. The molecule has 2 aromatic heterocycles. The average Bonchev–Trinajstić information content (AvgIpc) is 2.63. The predicted molar refractivity (Wildman–Crippen MR) is 56.7 cm³/mol. The lowest BCUT2D eigenvalue weighted by Gasteiger charge is -1.98. The Morgan fingerprint density at radius 2 is 2.33 bits per heavy atom. The third-order valence-electron chi connectivity index (χ3n) is 2.03. The third kappa shape index (κ3) is 1.67. The number of terminal acetylenes is 1. The standard InChI is InChI=1S/C11H9N3O/c1-2-6-13-7-8-14(11(13)15)10-4-3-5-12-9-10/h1,3-5,7-9H,6H2. The Hall–Kier alpha value is -2.28. The molecular formula is C11H9N3O. The van der Waals surface area contributed by atoms with E-state index in [1.807, 2.05) is 6.07 Å². The lowest BCUT2D eigenvalue weighted by atomic mass is 10.4. The van der Waals surface area contributed by atoms with Crippen LogP contribution in [0, 0.1) is 12.3 Å². The van der Waals surface area contributed by atoms with E-state index in [0.717, 1.165) is 5.69 Å². The van der Waals surface area contributed by atoms with E-state index >= 15 is 0 Å². The first-order valence-corrected chi connectivity index (χ1v) is 4.44. The normalized spacial score (nSPS) is 9.80. The van der Waals surface area contributed by atoms with E-state index in [2.05, 4.69) is 10.9 Å². The predicted octanol–water partition coefficient (Wildman–Crippen LogP) is 0.667. The highest BCUT2D eigenvalue weighted by Crippen LogP contribution is 2.00. The second-order valence-corrected chi connectivity index (χ2v) is 2.99. The summed E-state index contributed by atoms with van der Waals surface area (Å²) in [6.45, 7) is 0.284. The zero-order valence-electron chi connectivity index (χ0n) is 8.00. The Labute approximate surface area is 86.8 Å². The number of hydrogen-bond acceptors (Lipinski definition) is 2. The van der Waals surface area contributed by atoms with Gasteiger partial charge in [0.1, 0.15) is 0 Å². The molecule has 0 N–H and O–H groups in total. The molecule has 2 rings (SSSR count). The highest BCUT2D eigenvalue weighted by Gasteiger charge is 2.03. The van der Waals surface area contributed by atoms with Crippen molar-refractivity contribution in [3.05, 3.63) is 47.4 Å². The highest BCUT2D eigenvalue weighted by atomic mass is 16.1. The second kappa shape index (κ2) is 3.84. The van der Waals surface area contributed by atoms with Gasteiger partial charge in [-0.25, -0.2) is 4.79 Å². The minimum atomic E-state index is -0.152. The minimum absolute atomic E-state index is 0.152. The molecule has 0 fully saturated rings. The topological polar surface area (TPSA) is 39.8 Å². The van der Waals surface area contributed by atoms with E-state index < -0.39 is 0 Å². The lowest BCUT2D eigenvalue weighted by molar-refractivity contribution is 0.772. The van der Waals surface area contributed by atoms with Gasteiger partial charge in [0, 0.05) is 18.6 Å². The number of pyridine rings is 1. The van der Waals surface area contributed by atoms with Crippen LogP contribution in [0.1, 0.15) is 0 Å². The van der Waals surface area contributed by atoms with Crippen LogP contribution in [-0.2, 0) is 6.54 Å². The number of aromatic nitrogens is 3. The van der Waals surface area contributed by atoms with Gasteiger partial charge in [0.05, 0.1) is 18.4 Å². The summed E-state index contributed by atoms with van der Waals surface area (Å²) < 4.78 is 2.97. The quantitative estimate of drug-likeness (QED) is 0.667. The van der Waals surface area contributed by atoms with E-state index in [4.69, 9.17) is 6.42 Å². The van der Waals surface area contributed by atoms with Gasteiger partial charge in [0.2, 0.25) is 0 Å². The Bertz CT molecular complexity index is 545. The Balaban J connectivity index is 2.48. The summed E-state index contributed by atoms with van der Waals surface area (Å²) in [6, 6.07) is 3.59. The first kappa shape index (κ1) is 9.28. The number of nitrogens with zero attached hydrogens (tertiary/aromatic N) is 3. The van der Waals surface area contributed by atoms with Gasteiger partial charge in [-0.15, -0.1) is 6.42 Å². The molecule has 0 aliphatic heterocycles. The van der Waals surface area contributed by atoms with Crippen molar-refractivity contribution in [3.8, 4) is 18.0 Å². The molecule has 2 heterocycles. The fourth-order valence-electron chi connectivity index (χ4n) is 1.32. The van der Waals surface area contributed by atoms with Gasteiger partial charge in [0.15, 0.2) is 0 Å². The number of hydrogen-bond donors (Lipinski definition) is 0. The van der Waals surface area contributed by atoms with Crippen molar-refractivity contribution in [1.82, 2.24) is 14.1 Å². The summed E-state index contributed by atoms with van der Waals surface area (Å²) in [7, 11) is 0. The van der Waals surface area contributed by atoms with E-state index in [1.54, 1.807) is 30.9 Å². The van der Waals surface area contributed by atoms with Gasteiger partial charge >= 0.3 is 5.69 Å². The summed E-state index contributed by atoms with van der Waals surface area (Å²) in [4.78, 5) is 15.7. The lowest BCUT2D eigenvalue weighted by Crippen LogP contribution is -2.22. The van der Waals surface area contributed by atoms with Crippen molar-refractivity contribution in [2.45, 2.75) is 6.54 Å². The van der Waals surface area contributed by atoms with Crippen molar-refractivity contribution in [3.63, 3.8) is 0 Å². The largest absolute Gasteiger partial charge is 0.333 e. The van der Waals surface area contributed by atoms with Gasteiger partial charge in [0.25, 0.3) is 0 Å². The third-order valence-corrected chi connectivity index (χ3v) is 2.03. The van der Waals surface area contributed by atoms with Crippen molar-refractivity contribution >= 4 is 0 Å². The first-order chi connectivity index (χ1) is 7.33. The van der Waals surface area contributed by atoms with Gasteiger partial charge in [-0.3, -0.25) is 14.1 Å². The molecule has 0 saturated heterocycles. The van der Waals surface area contributed by atoms with Crippen LogP contribution in [0.15, 0.2) is 41.7 Å². The molecule has 0 atom stereocenters. The molecule has 74 valence electrons. The van der Waals surface area contributed by atoms with E-state index in [0.29, 0.717) is 0 Å². The molecular weight excluding hydrogens is 190 g/mol. The van der Waals surface area contributed by atoms with Crippen LogP contribution in [0.5, 0.6) is 0 Å². The van der Waals surface area contributed by atoms with Crippen LogP contribution in [-0.4, -0.2) is 14.1 Å². The fourth-order valence-corrected chi connectivity index (χ4v) is 1.32. The SMILES string of the molecule is C#CCn1ccn(-c2cccnc2)c1=O. The molecule has 2 aromatic rings. The van der Waals surface area contributed by atoms with E-state index in [-0.39, 0.29) is 12.2 Å². The summed E-state index contributed by atoms with van der Waals surface area (Å²) in [5.41, 5.74) is 0.583. The zero-order valence-corrected chi connectivity index (χ0v) is 8.00. The second-order valence-electron chi connectivity index (χ2n) is 2.99. The molecule has 4 heteroatoms. The fraction of sp³-hybridized carbons (Fsp3) is 0.0909. The van der Waals surface area contributed by atoms with Crippen molar-refractivity contribution in [2.24, 2.45) is 0 Å². The maximum absolute atomic E-state index is 11.8. The zero-order chi connectivity index (χ0) is 10.7. The van der Waals surface area contributed by atoms with Gasteiger partial charge < -0.3 is 0 Å². The molecule has 0 aromatic carbocycles. The molecule has 0 bridgehead atoms. The van der Waals surface area contributed by atoms with Crippen LogP contribution in [0.25, 0.3) is 5.69 Å². The van der Waals surface area contributed by atoms with E-state index in [9.17, 15) is 4.79 Å². The van der Waals surface area contributed by atoms with Gasteiger partial charge in [-0.05, 0) is 12.1 Å². The Morgan fingerprint density at radius 1 is 1.47 bits per heavy atom. The maximum Gasteiger partial charge on any atom is 0.333 e. The van der Waals surface area contributed by atoms with Crippen LogP contribution in [0.2, 0.25) is 0 Å². The minimum Gasteiger partial charge on any atom is -0.287 e. The summed E-state index contributed by atoms with van der Waals surface area (Å²) in [6.07, 6.45) is 11.8. The molecule has 0 radical (unpaired) electrons. The Kier molecular flexibility index (Phi) is 2.38. The molecule has 0 saturated carbocycles. The van der Waals surface area contributed by atoms with E-state index in [1.165, 1.54) is 9.13 Å². The molecule has 4 nitrogen and oxygen atoms in total. The first-order valence-electron chi connectivity index (χ1n) is 4.44. The maximum atomic E-state index is 11.8. The van der Waals surface area contributed by atoms with Crippen LogP contribution < -0.4 is 5.69 Å². The van der Waals surface area contributed by atoms with Gasteiger partial charge in [-0.2, -0.15) is 0 Å². The summed E-state index contributed by atoms with van der Waals surface area (Å²) in [5.74, 6) is 2.42. The monoisotopic (exact) mass is 199 g/mol. The van der Waals surface area contributed by atoms with Crippen LogP contribution in [0.4, 0.5) is 0 Å². The van der Waals surface area contributed by atoms with Crippen LogP contribution >= 0.6 is 0 Å². The molecule has 0 spiro atoms. The number of imidazole rings is 1. The van der Waals surface area contributed by atoms with Crippen molar-refractivity contribution < 1.29 is 0 Å². The average molecular weight is 199 g/mol. The molecule has 0 aliphatic carbocycles.